The van der Waals surface area contributed by atoms with Crippen molar-refractivity contribution in [2.45, 2.75) is 46.8 Å². The van der Waals surface area contributed by atoms with Gasteiger partial charge in [-0.05, 0) is 117 Å². The molecule has 0 spiro atoms. The molecule has 4 aromatic rings. The van der Waals surface area contributed by atoms with Crippen LogP contribution in [0.5, 0.6) is 5.75 Å². The zero-order chi connectivity index (χ0) is 29.6. The summed E-state index contributed by atoms with van der Waals surface area (Å²) in [7, 11) is 1.57. The van der Waals surface area contributed by atoms with Crippen molar-refractivity contribution in [2.24, 2.45) is 4.99 Å². The van der Waals surface area contributed by atoms with Gasteiger partial charge < -0.3 is 14.0 Å². The monoisotopic (exact) mass is 745 g/mol. The van der Waals surface area contributed by atoms with Gasteiger partial charge in [0.1, 0.15) is 11.8 Å². The van der Waals surface area contributed by atoms with Crippen molar-refractivity contribution in [3.8, 4) is 11.4 Å². The molecular formula is C31H29BrIN3O4S. The minimum atomic E-state index is -0.772. The number of halogens is 2. The van der Waals surface area contributed by atoms with Gasteiger partial charge in [-0.25, -0.2) is 9.79 Å². The Bertz CT molecular complexity index is 1880. The van der Waals surface area contributed by atoms with Gasteiger partial charge >= 0.3 is 5.97 Å². The number of aryl methyl sites for hydroxylation is 1. The summed E-state index contributed by atoms with van der Waals surface area (Å²) in [5.41, 5.74) is 5.34. The number of esters is 1. The molecule has 212 valence electrons. The predicted molar refractivity (Wildman–Crippen MR) is 174 cm³/mol. The fraction of sp³-hybridized carbons (Fsp3) is 0.258. The quantitative estimate of drug-likeness (QED) is 0.180. The van der Waals surface area contributed by atoms with E-state index in [1.165, 1.54) is 14.9 Å². The molecule has 1 aliphatic rings. The zero-order valence-electron chi connectivity index (χ0n) is 23.5. The maximum absolute atomic E-state index is 14.1. The average molecular weight is 746 g/mol. The van der Waals surface area contributed by atoms with Crippen LogP contribution in [0.4, 0.5) is 0 Å². The molecule has 0 aliphatic carbocycles. The summed E-state index contributed by atoms with van der Waals surface area (Å²) in [6.07, 6.45) is 1.58. The van der Waals surface area contributed by atoms with Crippen molar-refractivity contribution in [3.63, 3.8) is 0 Å². The van der Waals surface area contributed by atoms with Gasteiger partial charge in [0.15, 0.2) is 4.80 Å². The Hall–Kier alpha value is -2.96. The van der Waals surface area contributed by atoms with Crippen molar-refractivity contribution in [1.29, 1.82) is 0 Å². The van der Waals surface area contributed by atoms with E-state index in [1.54, 1.807) is 32.4 Å². The number of carbonyl (C=O) groups is 1. The molecule has 1 aliphatic heterocycles. The van der Waals surface area contributed by atoms with Gasteiger partial charge in [0.2, 0.25) is 0 Å². The number of thiazole rings is 1. The van der Waals surface area contributed by atoms with Crippen LogP contribution in [0.25, 0.3) is 11.8 Å². The van der Waals surface area contributed by atoms with Gasteiger partial charge in [0.05, 0.1) is 29.0 Å². The molecule has 0 saturated heterocycles. The van der Waals surface area contributed by atoms with E-state index in [1.807, 2.05) is 31.2 Å². The second-order valence-corrected chi connectivity index (χ2v) is 13.2. The number of nitrogens with zero attached hydrogens (tertiary/aromatic N) is 3. The zero-order valence-corrected chi connectivity index (χ0v) is 28.0. The van der Waals surface area contributed by atoms with Crippen LogP contribution in [-0.2, 0) is 9.53 Å². The first-order valence-corrected chi connectivity index (χ1v) is 15.7. The van der Waals surface area contributed by atoms with Gasteiger partial charge in [-0.15, -0.1) is 0 Å². The minimum Gasteiger partial charge on any atom is -0.496 e. The van der Waals surface area contributed by atoms with Crippen LogP contribution in [0.2, 0.25) is 0 Å². The SMILES string of the molecule is COc1ccc(Br)cc1[C@H]1C(C(=O)OC(C)C)=C(C)N=c2s/c(=C\c3cc(C)n(-c4ccc(I)cc4)c3C)c(=O)n21. The Morgan fingerprint density at radius 2 is 1.83 bits per heavy atom. The smallest absolute Gasteiger partial charge is 0.338 e. The van der Waals surface area contributed by atoms with Gasteiger partial charge in [0.25, 0.3) is 5.56 Å². The van der Waals surface area contributed by atoms with Crippen molar-refractivity contribution in [1.82, 2.24) is 9.13 Å². The molecule has 0 radical (unpaired) electrons. The van der Waals surface area contributed by atoms with Gasteiger partial charge in [0, 0.05) is 30.7 Å². The maximum Gasteiger partial charge on any atom is 0.338 e. The molecule has 1 atom stereocenters. The highest BCUT2D eigenvalue weighted by atomic mass is 127. The van der Waals surface area contributed by atoms with E-state index < -0.39 is 12.0 Å². The Morgan fingerprint density at radius 1 is 1.12 bits per heavy atom. The number of methoxy groups -OCH3 is 1. The van der Waals surface area contributed by atoms with E-state index in [-0.39, 0.29) is 11.7 Å². The summed E-state index contributed by atoms with van der Waals surface area (Å²) in [6.45, 7) is 9.47. The van der Waals surface area contributed by atoms with Crippen LogP contribution in [0.1, 0.15) is 49.3 Å². The van der Waals surface area contributed by atoms with Crippen LogP contribution in [0, 0.1) is 17.4 Å². The molecule has 2 aromatic heterocycles. The van der Waals surface area contributed by atoms with Crippen molar-refractivity contribution >= 4 is 61.9 Å². The van der Waals surface area contributed by atoms with Crippen LogP contribution >= 0.6 is 49.9 Å². The molecule has 41 heavy (non-hydrogen) atoms. The lowest BCUT2D eigenvalue weighted by molar-refractivity contribution is -0.143. The summed E-state index contributed by atoms with van der Waals surface area (Å²) in [5.74, 6) is 0.0435. The molecule has 10 heteroatoms. The first kappa shape index (κ1) is 29.5. The highest BCUT2D eigenvalue weighted by molar-refractivity contribution is 14.1. The lowest BCUT2D eigenvalue weighted by Gasteiger charge is -2.26. The summed E-state index contributed by atoms with van der Waals surface area (Å²) in [6, 6.07) is 15.2. The van der Waals surface area contributed by atoms with Gasteiger partial charge in [-0.2, -0.15) is 0 Å². The number of ether oxygens (including phenoxy) is 2. The van der Waals surface area contributed by atoms with Crippen LogP contribution < -0.4 is 19.6 Å². The number of aromatic nitrogens is 2. The lowest BCUT2D eigenvalue weighted by atomic mass is 9.95. The molecule has 0 saturated carbocycles. The molecule has 7 nitrogen and oxygen atoms in total. The number of rotatable bonds is 6. The molecule has 0 unspecified atom stereocenters. The lowest BCUT2D eigenvalue weighted by Crippen LogP contribution is -2.40. The average Bonchev–Trinajstić information content (AvgIpc) is 3.37. The molecule has 2 aromatic carbocycles. The third kappa shape index (κ3) is 5.61. The number of hydrogen-bond donors (Lipinski definition) is 0. The fourth-order valence-corrected chi connectivity index (χ4v) is 6.91. The molecule has 0 fully saturated rings. The standard InChI is InChI=1S/C31H29BrIN3O4S/c1-16(2)40-30(38)27-18(4)34-31-36(28(27)24-15-21(32)7-12-25(24)39-6)29(37)26(41-31)14-20-13-17(3)35(19(20)5)23-10-8-22(33)9-11-23/h7-16,28H,1-6H3/b26-14-/t28-/m0/s1. The molecule has 5 rings (SSSR count). The summed E-state index contributed by atoms with van der Waals surface area (Å²) < 4.78 is 17.6. The van der Waals surface area contributed by atoms with Gasteiger partial charge in [-0.1, -0.05) is 27.3 Å². The third-order valence-corrected chi connectivity index (χ3v) is 9.11. The molecule has 0 bridgehead atoms. The van der Waals surface area contributed by atoms with Crippen molar-refractivity contribution < 1.29 is 14.3 Å². The second kappa shape index (κ2) is 11.7. The van der Waals surface area contributed by atoms with Crippen LogP contribution in [0.15, 0.2) is 74.1 Å². The minimum absolute atomic E-state index is 0.234. The number of carbonyl (C=O) groups excluding carboxylic acids is 1. The van der Waals surface area contributed by atoms with E-state index in [4.69, 9.17) is 14.5 Å². The Balaban J connectivity index is 1.72. The number of fused-ring (bicyclic) bond motifs is 1. The summed E-state index contributed by atoms with van der Waals surface area (Å²) in [4.78, 5) is 32.8. The maximum atomic E-state index is 14.1. The van der Waals surface area contributed by atoms with E-state index in [0.29, 0.717) is 31.9 Å². The molecule has 3 heterocycles. The van der Waals surface area contributed by atoms with Crippen LogP contribution in [0.3, 0.4) is 0 Å². The van der Waals surface area contributed by atoms with Crippen molar-refractivity contribution in [2.75, 3.05) is 7.11 Å². The highest BCUT2D eigenvalue weighted by Crippen LogP contribution is 2.37. The van der Waals surface area contributed by atoms with Crippen molar-refractivity contribution in [3.05, 3.63) is 110 Å². The predicted octanol–water partition coefficient (Wildman–Crippen LogP) is 5.97. The van der Waals surface area contributed by atoms with E-state index in [9.17, 15) is 9.59 Å². The Morgan fingerprint density at radius 3 is 2.49 bits per heavy atom. The van der Waals surface area contributed by atoms with E-state index in [2.05, 4.69) is 80.3 Å². The Kier molecular flexibility index (Phi) is 8.45. The second-order valence-electron chi connectivity index (χ2n) is 10.1. The van der Waals surface area contributed by atoms with Gasteiger partial charge in [-0.3, -0.25) is 9.36 Å². The Labute approximate surface area is 264 Å². The number of hydrogen-bond acceptors (Lipinski definition) is 6. The van der Waals surface area contributed by atoms with E-state index >= 15 is 0 Å². The molecule has 0 N–H and O–H groups in total. The normalized spacial score (nSPS) is 15.2. The first-order chi connectivity index (χ1) is 19.5. The highest BCUT2D eigenvalue weighted by Gasteiger charge is 2.35. The number of allylic oxidation sites excluding steroid dienone is 1. The largest absolute Gasteiger partial charge is 0.496 e. The summed E-state index contributed by atoms with van der Waals surface area (Å²) in [5, 5.41) is 0. The van der Waals surface area contributed by atoms with Crippen LogP contribution in [-0.4, -0.2) is 28.3 Å². The summed E-state index contributed by atoms with van der Waals surface area (Å²) >= 11 is 7.15. The topological polar surface area (TPSA) is 74.8 Å². The number of benzene rings is 2. The van der Waals surface area contributed by atoms with E-state index in [0.717, 1.165) is 27.1 Å². The fourth-order valence-electron chi connectivity index (χ4n) is 5.14. The first-order valence-electron chi connectivity index (χ1n) is 13.0. The molecule has 0 amide bonds. The third-order valence-electron chi connectivity index (χ3n) is 6.91. The molecular weight excluding hydrogens is 717 g/mol.